The Morgan fingerprint density at radius 1 is 1.07 bits per heavy atom. The molecule has 2 aliphatic rings. The molecule has 5 heterocycles. The van der Waals surface area contributed by atoms with Crippen molar-refractivity contribution in [1.82, 2.24) is 28.7 Å². The molecule has 6 rings (SSSR count). The van der Waals surface area contributed by atoms with E-state index in [0.717, 1.165) is 104 Å². The van der Waals surface area contributed by atoms with E-state index >= 15 is 0 Å². The molecule has 0 atom stereocenters. The number of nitrogens with zero attached hydrogens (tertiary/aromatic N) is 7. The van der Waals surface area contributed by atoms with Gasteiger partial charge in [0.1, 0.15) is 5.82 Å². The van der Waals surface area contributed by atoms with Crippen LogP contribution in [0.4, 0.5) is 5.82 Å². The van der Waals surface area contributed by atoms with Gasteiger partial charge in [0.2, 0.25) is 10.0 Å². The van der Waals surface area contributed by atoms with Crippen LogP contribution in [0, 0.1) is 50.5 Å². The van der Waals surface area contributed by atoms with Crippen molar-refractivity contribution in [3.8, 4) is 11.3 Å². The van der Waals surface area contributed by atoms with Gasteiger partial charge in [-0.05, 0) is 37.2 Å². The molecule has 0 unspecified atom stereocenters. The minimum atomic E-state index is -3.10. The summed E-state index contributed by atoms with van der Waals surface area (Å²) in [5.74, 6) is 1.50. The van der Waals surface area contributed by atoms with Crippen molar-refractivity contribution in [2.45, 2.75) is 51.4 Å². The summed E-state index contributed by atoms with van der Waals surface area (Å²) < 4.78 is 35.0. The maximum absolute atomic E-state index is 11.9. The summed E-state index contributed by atoms with van der Waals surface area (Å²) in [5, 5.41) is 10.6. The number of hydrogen-bond acceptors (Lipinski definition) is 7. The second kappa shape index (κ2) is 14.3. The number of rotatable bonds is 11. The van der Waals surface area contributed by atoms with Crippen molar-refractivity contribution in [3.63, 3.8) is 0 Å². The normalized spacial score (nSPS) is 17.0. The van der Waals surface area contributed by atoms with Gasteiger partial charge in [0.15, 0.2) is 5.65 Å². The van der Waals surface area contributed by atoms with Crippen LogP contribution in [0.1, 0.15) is 50.5 Å². The van der Waals surface area contributed by atoms with Gasteiger partial charge in [-0.25, -0.2) is 27.3 Å². The molecule has 0 aliphatic carbocycles. The molecule has 10 nitrogen and oxygen atoms in total. The summed E-state index contributed by atoms with van der Waals surface area (Å²) in [6, 6.07) is 8.50. The van der Waals surface area contributed by atoms with Gasteiger partial charge in [0.25, 0.3) is 0 Å². The molecule has 4 aromatic rings. The molecule has 0 saturated carbocycles. The summed E-state index contributed by atoms with van der Waals surface area (Å²) in [4.78, 5) is 7.45. The molecule has 0 amide bonds. The Morgan fingerprint density at radius 3 is 2.60 bits per heavy atom. The van der Waals surface area contributed by atoms with E-state index in [1.807, 2.05) is 21.6 Å². The van der Waals surface area contributed by atoms with Crippen molar-refractivity contribution >= 4 is 32.4 Å². The summed E-state index contributed by atoms with van der Waals surface area (Å²) in [6.45, 7) is 10.3. The van der Waals surface area contributed by atoms with Crippen LogP contribution in [-0.4, -0.2) is 82.8 Å². The van der Waals surface area contributed by atoms with Crippen LogP contribution in [0.3, 0.4) is 0 Å². The van der Waals surface area contributed by atoms with Crippen LogP contribution < -0.4 is 4.90 Å². The number of benzene rings is 1. The molecule has 2 aliphatic heterocycles. The minimum absolute atomic E-state index is 0. The Kier molecular flexibility index (Phi) is 10.8. The second-order valence-electron chi connectivity index (χ2n) is 11.5. The van der Waals surface area contributed by atoms with Crippen molar-refractivity contribution in [1.29, 1.82) is 0 Å². The van der Waals surface area contributed by atoms with E-state index in [9.17, 15) is 8.42 Å². The van der Waals surface area contributed by atoms with Crippen LogP contribution in [0.5, 0.6) is 0 Å². The zero-order valence-electron chi connectivity index (χ0n) is 25.0. The summed E-state index contributed by atoms with van der Waals surface area (Å²) in [7, 11) is -3.10. The van der Waals surface area contributed by atoms with E-state index in [4.69, 9.17) is 14.8 Å². The van der Waals surface area contributed by atoms with Crippen molar-refractivity contribution in [3.05, 3.63) is 55.7 Å². The first kappa shape index (κ1) is 32.3. The molecule has 43 heavy (non-hydrogen) atoms. The fraction of sp³-hybridized carbons (Fsp3) is 0.516. The van der Waals surface area contributed by atoms with E-state index in [2.05, 4.69) is 47.7 Å². The monoisotopic (exact) mass is 829 g/mol. The third kappa shape index (κ3) is 7.25. The van der Waals surface area contributed by atoms with Gasteiger partial charge in [-0.1, -0.05) is 42.3 Å². The Hall–Kier alpha value is -2.10. The molecule has 1 aromatic carbocycles. The van der Waals surface area contributed by atoms with E-state index in [-0.39, 0.29) is 31.1 Å². The summed E-state index contributed by atoms with van der Waals surface area (Å²) in [6.07, 6.45) is 12.9. The molecule has 0 radical (unpaired) electrons. The second-order valence-corrected chi connectivity index (χ2v) is 13.5. The number of unbranched alkanes of at least 4 members (excludes halogenated alkanes) is 2. The van der Waals surface area contributed by atoms with Crippen LogP contribution >= 0.6 is 0 Å². The van der Waals surface area contributed by atoms with Crippen LogP contribution in [0.25, 0.3) is 27.8 Å². The molecule has 228 valence electrons. The average molecular weight is 830 g/mol. The number of fused-ring (bicyclic) bond motifs is 2. The standard InChI is InChI=1S/C31H41N7O3S.U/c1-3-4-5-14-37-28-11-7-10-26(27(28)23-32-37)29-21-30(35-17-19-41-20-18-35)34-31-25(22-33-38(29)31)9-6-8-24-12-15-36(16-13-24)42(2,39)40;/h7,10-11,14,21-24H,1,3-6,8-9,12-13,15-20H2,2H3;/q-2;+2. The predicted molar refractivity (Wildman–Crippen MR) is 166 cm³/mol. The first-order valence-electron chi connectivity index (χ1n) is 15.2. The number of aromatic nitrogens is 5. The average Bonchev–Trinajstić information content (AvgIpc) is 3.61. The maximum Gasteiger partial charge on any atom is 2.00 e. The van der Waals surface area contributed by atoms with Gasteiger partial charge in [-0.3, -0.25) is 0 Å². The van der Waals surface area contributed by atoms with Gasteiger partial charge in [-0.2, -0.15) is 11.5 Å². The number of ether oxygens (including phenoxy) is 1. The van der Waals surface area contributed by atoms with Gasteiger partial charge in [0.05, 0.1) is 31.4 Å². The molecule has 0 bridgehead atoms. The maximum atomic E-state index is 11.9. The Bertz CT molecular complexity index is 1620. The van der Waals surface area contributed by atoms with Crippen LogP contribution in [-0.2, 0) is 21.2 Å². The van der Waals surface area contributed by atoms with Gasteiger partial charge < -0.3 is 21.2 Å². The topological polar surface area (TPSA) is 97.9 Å². The summed E-state index contributed by atoms with van der Waals surface area (Å²) >= 11 is 0. The number of aryl methyl sites for hydroxylation is 1. The number of hydrogen-bond donors (Lipinski definition) is 0. The molecule has 0 N–H and O–H groups in total. The van der Waals surface area contributed by atoms with Crippen molar-refractivity contribution < 1.29 is 44.3 Å². The first-order valence-corrected chi connectivity index (χ1v) is 17.0. The Balaban J connectivity index is 0.00000368. The molecule has 2 fully saturated rings. The van der Waals surface area contributed by atoms with E-state index in [1.54, 1.807) is 4.31 Å². The van der Waals surface area contributed by atoms with E-state index in [1.165, 1.54) is 6.26 Å². The predicted octanol–water partition coefficient (Wildman–Crippen LogP) is 4.59. The largest absolute Gasteiger partial charge is 2.00 e. The smallest absolute Gasteiger partial charge is 0.398 e. The molecular weight excluding hydrogens is 788 g/mol. The molecular formula is C31H41N7O3SU. The van der Waals surface area contributed by atoms with Crippen molar-refractivity contribution in [2.75, 3.05) is 50.5 Å². The fourth-order valence-corrected chi connectivity index (χ4v) is 7.10. The third-order valence-electron chi connectivity index (χ3n) is 8.64. The number of morpholine rings is 1. The van der Waals surface area contributed by atoms with E-state index in [0.29, 0.717) is 32.2 Å². The molecule has 2 saturated heterocycles. The molecule has 3 aromatic heterocycles. The van der Waals surface area contributed by atoms with Gasteiger partial charge in [-0.15, -0.1) is 12.6 Å². The van der Waals surface area contributed by atoms with Gasteiger partial charge in [0, 0.05) is 44.0 Å². The third-order valence-corrected chi connectivity index (χ3v) is 9.94. The van der Waals surface area contributed by atoms with E-state index < -0.39 is 10.0 Å². The quantitative estimate of drug-likeness (QED) is 0.161. The fourth-order valence-electron chi connectivity index (χ4n) is 6.23. The number of anilines is 1. The first-order chi connectivity index (χ1) is 20.4. The zero-order chi connectivity index (χ0) is 29.1. The SMILES string of the molecule is [CH2-]CCC[CH-]n1ncc2c(-c3cc(N4CCOCC4)nc4c(CCCC5CCN(S(C)(=O)=O)CC5)cnn34)cccc21.[U+2]. The van der Waals surface area contributed by atoms with Crippen molar-refractivity contribution in [2.24, 2.45) is 5.92 Å². The number of piperidine rings is 1. The van der Waals surface area contributed by atoms with Crippen LogP contribution in [0.15, 0.2) is 36.7 Å². The number of sulfonamides is 1. The zero-order valence-corrected chi connectivity index (χ0v) is 30.0. The Labute approximate surface area is 278 Å². The summed E-state index contributed by atoms with van der Waals surface area (Å²) in [5.41, 5.74) is 5.20. The van der Waals surface area contributed by atoms with Crippen LogP contribution in [0.2, 0.25) is 0 Å². The molecule has 0 spiro atoms. The Morgan fingerprint density at radius 2 is 1.86 bits per heavy atom. The molecule has 12 heteroatoms. The van der Waals surface area contributed by atoms with Gasteiger partial charge >= 0.3 is 31.1 Å². The minimum Gasteiger partial charge on any atom is -0.398 e.